The molecule has 20 heavy (non-hydrogen) atoms. The maximum Gasteiger partial charge on any atom is 0.248 e. The molecule has 1 aromatic heterocycles. The lowest BCUT2D eigenvalue weighted by Gasteiger charge is -2.34. The number of carbonyl (C=O) groups is 2. The fraction of sp³-hybridized carbons (Fsp3) is 0.600. The molecule has 3 rings (SSSR count). The summed E-state index contributed by atoms with van der Waals surface area (Å²) in [4.78, 5) is 28.0. The lowest BCUT2D eigenvalue weighted by atomic mass is 9.95. The molecular formula is C15H20N2O2S. The molecule has 2 heterocycles. The fourth-order valence-electron chi connectivity index (χ4n) is 3.35. The first-order valence-corrected chi connectivity index (χ1v) is 8.16. The second-order valence-corrected chi connectivity index (χ2v) is 6.76. The Labute approximate surface area is 123 Å². The van der Waals surface area contributed by atoms with Gasteiger partial charge in [-0.05, 0) is 31.2 Å². The Morgan fingerprint density at radius 1 is 1.35 bits per heavy atom. The molecule has 1 aliphatic carbocycles. The molecule has 1 saturated heterocycles. The first-order chi connectivity index (χ1) is 9.62. The van der Waals surface area contributed by atoms with Gasteiger partial charge in [-0.15, -0.1) is 11.3 Å². The largest absolute Gasteiger partial charge is 0.342 e. The van der Waals surface area contributed by atoms with Crippen molar-refractivity contribution >= 4 is 23.2 Å². The van der Waals surface area contributed by atoms with Crippen LogP contribution in [0.15, 0.2) is 17.5 Å². The van der Waals surface area contributed by atoms with Crippen molar-refractivity contribution in [3.63, 3.8) is 0 Å². The smallest absolute Gasteiger partial charge is 0.248 e. The van der Waals surface area contributed by atoms with Gasteiger partial charge in [0.1, 0.15) is 5.54 Å². The highest BCUT2D eigenvalue weighted by molar-refractivity contribution is 7.10. The lowest BCUT2D eigenvalue weighted by molar-refractivity contribution is -0.140. The van der Waals surface area contributed by atoms with Crippen LogP contribution in [-0.2, 0) is 9.59 Å². The molecule has 1 saturated carbocycles. The van der Waals surface area contributed by atoms with Gasteiger partial charge in [0.25, 0.3) is 0 Å². The van der Waals surface area contributed by atoms with Crippen LogP contribution in [0.3, 0.4) is 0 Å². The van der Waals surface area contributed by atoms with E-state index >= 15 is 0 Å². The number of thiophene rings is 1. The van der Waals surface area contributed by atoms with Gasteiger partial charge in [-0.2, -0.15) is 0 Å². The maximum atomic E-state index is 13.0. The van der Waals surface area contributed by atoms with E-state index in [1.807, 2.05) is 16.3 Å². The lowest BCUT2D eigenvalue weighted by Crippen LogP contribution is -2.55. The van der Waals surface area contributed by atoms with Crippen LogP contribution < -0.4 is 5.32 Å². The summed E-state index contributed by atoms with van der Waals surface area (Å²) in [5.74, 6) is 0.128. The van der Waals surface area contributed by atoms with E-state index in [4.69, 9.17) is 0 Å². The molecule has 2 amide bonds. The highest BCUT2D eigenvalue weighted by Gasteiger charge is 2.47. The van der Waals surface area contributed by atoms with Crippen LogP contribution in [0.2, 0.25) is 0 Å². The molecule has 0 bridgehead atoms. The van der Waals surface area contributed by atoms with Crippen LogP contribution in [-0.4, -0.2) is 28.8 Å². The van der Waals surface area contributed by atoms with E-state index in [-0.39, 0.29) is 17.9 Å². The van der Waals surface area contributed by atoms with Gasteiger partial charge >= 0.3 is 0 Å². The normalized spacial score (nSPS) is 23.8. The van der Waals surface area contributed by atoms with Gasteiger partial charge in [-0.1, -0.05) is 18.9 Å². The number of nitrogens with one attached hydrogen (secondary N) is 1. The van der Waals surface area contributed by atoms with E-state index in [2.05, 4.69) is 18.3 Å². The van der Waals surface area contributed by atoms with Crippen molar-refractivity contribution in [3.8, 4) is 0 Å². The van der Waals surface area contributed by atoms with Gasteiger partial charge in [-0.25, -0.2) is 0 Å². The monoisotopic (exact) mass is 292 g/mol. The van der Waals surface area contributed by atoms with Gasteiger partial charge < -0.3 is 10.2 Å². The molecule has 2 aliphatic rings. The van der Waals surface area contributed by atoms with Crippen LogP contribution >= 0.6 is 11.3 Å². The van der Waals surface area contributed by atoms with Gasteiger partial charge in [0.2, 0.25) is 11.8 Å². The van der Waals surface area contributed by atoms with E-state index in [9.17, 15) is 9.59 Å². The molecule has 2 fully saturated rings. The molecule has 1 unspecified atom stereocenters. The summed E-state index contributed by atoms with van der Waals surface area (Å²) in [6, 6.07) is 4.12. The highest BCUT2D eigenvalue weighted by atomic mass is 32.1. The third-order valence-electron chi connectivity index (χ3n) is 4.51. The molecule has 4 nitrogen and oxygen atoms in total. The first-order valence-electron chi connectivity index (χ1n) is 7.28. The molecule has 1 aliphatic heterocycles. The van der Waals surface area contributed by atoms with Gasteiger partial charge in [0.15, 0.2) is 0 Å². The summed E-state index contributed by atoms with van der Waals surface area (Å²) < 4.78 is 0. The molecule has 0 radical (unpaired) electrons. The van der Waals surface area contributed by atoms with Crippen LogP contribution in [0.1, 0.15) is 49.9 Å². The highest BCUT2D eigenvalue weighted by Crippen LogP contribution is 2.36. The van der Waals surface area contributed by atoms with E-state index in [1.54, 1.807) is 11.3 Å². The van der Waals surface area contributed by atoms with Crippen molar-refractivity contribution in [1.82, 2.24) is 10.2 Å². The summed E-state index contributed by atoms with van der Waals surface area (Å²) in [5.41, 5.74) is -0.626. The fourth-order valence-corrected chi connectivity index (χ4v) is 4.15. The van der Waals surface area contributed by atoms with Crippen molar-refractivity contribution < 1.29 is 9.59 Å². The zero-order valence-corrected chi connectivity index (χ0v) is 12.5. The third kappa shape index (κ3) is 2.24. The number of hydrogen-bond acceptors (Lipinski definition) is 3. The predicted octanol–water partition coefficient (Wildman–Crippen LogP) is 2.47. The number of rotatable bonds is 2. The van der Waals surface area contributed by atoms with Crippen molar-refractivity contribution in [1.29, 1.82) is 0 Å². The minimum absolute atomic E-state index is 0.0149. The Morgan fingerprint density at radius 3 is 2.75 bits per heavy atom. The van der Waals surface area contributed by atoms with Gasteiger partial charge in [0.05, 0.1) is 6.04 Å². The number of amides is 2. The zero-order chi connectivity index (χ0) is 14.2. The molecular weight excluding hydrogens is 272 g/mol. The Bertz CT molecular complexity index is 506. The van der Waals surface area contributed by atoms with E-state index < -0.39 is 5.54 Å². The number of hydrogen-bond donors (Lipinski definition) is 1. The predicted molar refractivity (Wildman–Crippen MR) is 78.4 cm³/mol. The minimum Gasteiger partial charge on any atom is -0.342 e. The van der Waals surface area contributed by atoms with Gasteiger partial charge in [0, 0.05) is 17.8 Å². The average molecular weight is 292 g/mol. The SMILES string of the molecule is CC(c1cccs1)N1CCC(=O)NC2(CCCC2)C1=O. The Kier molecular flexibility index (Phi) is 3.54. The second kappa shape index (κ2) is 5.20. The molecule has 5 heteroatoms. The number of nitrogens with zero attached hydrogens (tertiary/aromatic N) is 1. The first kappa shape index (κ1) is 13.6. The quantitative estimate of drug-likeness (QED) is 0.910. The molecule has 1 atom stereocenters. The topological polar surface area (TPSA) is 49.4 Å². The van der Waals surface area contributed by atoms with Crippen LogP contribution in [0.4, 0.5) is 0 Å². The van der Waals surface area contributed by atoms with Crippen LogP contribution in [0.5, 0.6) is 0 Å². The molecule has 1 aromatic rings. The van der Waals surface area contributed by atoms with Crippen LogP contribution in [0, 0.1) is 0 Å². The standard InChI is InChI=1S/C15H20N2O2S/c1-11(12-5-4-10-20-12)17-9-6-13(18)16-15(14(17)19)7-2-3-8-15/h4-5,10-11H,2-3,6-9H2,1H3,(H,16,18). The van der Waals surface area contributed by atoms with Crippen LogP contribution in [0.25, 0.3) is 0 Å². The maximum absolute atomic E-state index is 13.0. The summed E-state index contributed by atoms with van der Waals surface area (Å²) in [7, 11) is 0. The van der Waals surface area contributed by atoms with E-state index in [0.717, 1.165) is 25.7 Å². The summed E-state index contributed by atoms with van der Waals surface area (Å²) >= 11 is 1.67. The molecule has 0 aromatic carbocycles. The van der Waals surface area contributed by atoms with Crippen molar-refractivity contribution in [2.24, 2.45) is 0 Å². The average Bonchev–Trinajstić information content (AvgIpc) is 3.07. The summed E-state index contributed by atoms with van der Waals surface area (Å²) in [6.45, 7) is 2.58. The Balaban J connectivity index is 1.90. The Hall–Kier alpha value is -1.36. The third-order valence-corrected chi connectivity index (χ3v) is 5.55. The van der Waals surface area contributed by atoms with E-state index in [0.29, 0.717) is 13.0 Å². The Morgan fingerprint density at radius 2 is 2.10 bits per heavy atom. The second-order valence-electron chi connectivity index (χ2n) is 5.78. The number of carbonyl (C=O) groups excluding carboxylic acids is 2. The van der Waals surface area contributed by atoms with Gasteiger partial charge in [-0.3, -0.25) is 9.59 Å². The molecule has 1 spiro atoms. The molecule has 108 valence electrons. The van der Waals surface area contributed by atoms with E-state index in [1.165, 1.54) is 4.88 Å². The zero-order valence-electron chi connectivity index (χ0n) is 11.7. The van der Waals surface area contributed by atoms with Crippen molar-refractivity contribution in [2.75, 3.05) is 6.54 Å². The minimum atomic E-state index is -0.626. The van der Waals surface area contributed by atoms with Crippen molar-refractivity contribution in [3.05, 3.63) is 22.4 Å². The molecule has 1 N–H and O–H groups in total. The summed E-state index contributed by atoms with van der Waals surface area (Å²) in [6.07, 6.45) is 4.01. The summed E-state index contributed by atoms with van der Waals surface area (Å²) in [5, 5.41) is 5.04. The van der Waals surface area contributed by atoms with Crippen molar-refractivity contribution in [2.45, 2.75) is 50.6 Å².